The SMILES string of the molecule is CCc1nccn1-c1cccc(C2CCCN2Cc2ccc(F)cc2)n1. The van der Waals surface area contributed by atoms with Crippen LogP contribution in [-0.4, -0.2) is 26.0 Å². The van der Waals surface area contributed by atoms with Gasteiger partial charge in [-0.25, -0.2) is 14.4 Å². The highest BCUT2D eigenvalue weighted by atomic mass is 19.1. The Morgan fingerprint density at radius 2 is 2.00 bits per heavy atom. The lowest BCUT2D eigenvalue weighted by Gasteiger charge is -2.24. The molecule has 0 saturated carbocycles. The predicted molar refractivity (Wildman–Crippen MR) is 99.5 cm³/mol. The van der Waals surface area contributed by atoms with Crippen LogP contribution in [0, 0.1) is 5.82 Å². The Morgan fingerprint density at radius 1 is 1.15 bits per heavy atom. The zero-order valence-electron chi connectivity index (χ0n) is 15.0. The van der Waals surface area contributed by atoms with E-state index in [0.29, 0.717) is 6.04 Å². The number of rotatable bonds is 5. The molecule has 3 aromatic rings. The van der Waals surface area contributed by atoms with Crippen molar-refractivity contribution in [2.45, 2.75) is 38.8 Å². The molecule has 0 amide bonds. The number of aryl methyl sites for hydroxylation is 1. The number of hydrogen-bond donors (Lipinski definition) is 0. The van der Waals surface area contributed by atoms with Crippen LogP contribution in [0.2, 0.25) is 0 Å². The van der Waals surface area contributed by atoms with E-state index in [1.165, 1.54) is 12.1 Å². The van der Waals surface area contributed by atoms with Gasteiger partial charge in [0.2, 0.25) is 0 Å². The average Bonchev–Trinajstić information content (AvgIpc) is 3.33. The second kappa shape index (κ2) is 7.38. The minimum Gasteiger partial charge on any atom is -0.291 e. The van der Waals surface area contributed by atoms with Crippen molar-refractivity contribution in [3.63, 3.8) is 0 Å². The maximum absolute atomic E-state index is 13.2. The van der Waals surface area contributed by atoms with Gasteiger partial charge in [0.25, 0.3) is 0 Å². The van der Waals surface area contributed by atoms with E-state index in [1.54, 1.807) is 0 Å². The summed E-state index contributed by atoms with van der Waals surface area (Å²) >= 11 is 0. The second-order valence-corrected chi connectivity index (χ2v) is 6.74. The van der Waals surface area contributed by atoms with E-state index in [0.717, 1.165) is 55.3 Å². The first-order valence-electron chi connectivity index (χ1n) is 9.22. The van der Waals surface area contributed by atoms with E-state index < -0.39 is 0 Å². The molecule has 0 bridgehead atoms. The molecular formula is C21H23FN4. The van der Waals surface area contributed by atoms with Gasteiger partial charge >= 0.3 is 0 Å². The molecule has 0 aliphatic carbocycles. The second-order valence-electron chi connectivity index (χ2n) is 6.74. The summed E-state index contributed by atoms with van der Waals surface area (Å²) in [6, 6.07) is 13.3. The number of likely N-dealkylation sites (tertiary alicyclic amines) is 1. The van der Waals surface area contributed by atoms with E-state index in [4.69, 9.17) is 4.98 Å². The lowest BCUT2D eigenvalue weighted by molar-refractivity contribution is 0.244. The number of imidazole rings is 1. The van der Waals surface area contributed by atoms with Crippen LogP contribution in [-0.2, 0) is 13.0 Å². The third-order valence-corrected chi connectivity index (χ3v) is 5.04. The highest BCUT2D eigenvalue weighted by molar-refractivity contribution is 5.28. The number of halogens is 1. The molecule has 1 fully saturated rings. The maximum Gasteiger partial charge on any atom is 0.138 e. The topological polar surface area (TPSA) is 34.0 Å². The number of aromatic nitrogens is 3. The molecule has 134 valence electrons. The van der Waals surface area contributed by atoms with Gasteiger partial charge in [0.05, 0.1) is 11.7 Å². The first-order valence-corrected chi connectivity index (χ1v) is 9.22. The Kier molecular flexibility index (Phi) is 4.80. The van der Waals surface area contributed by atoms with Gasteiger partial charge in [-0.2, -0.15) is 0 Å². The number of nitrogens with zero attached hydrogens (tertiary/aromatic N) is 4. The van der Waals surface area contributed by atoms with E-state index >= 15 is 0 Å². The van der Waals surface area contributed by atoms with Crippen LogP contribution in [0.1, 0.15) is 42.9 Å². The summed E-state index contributed by atoms with van der Waals surface area (Å²) in [5.41, 5.74) is 2.23. The first-order chi connectivity index (χ1) is 12.7. The summed E-state index contributed by atoms with van der Waals surface area (Å²) in [5.74, 6) is 1.75. The monoisotopic (exact) mass is 350 g/mol. The standard InChI is InChI=1S/C21H23FN4/c1-2-20-23-12-14-26(20)21-7-3-5-18(24-21)19-6-4-13-25(19)15-16-8-10-17(22)11-9-16/h3,5,7-12,14,19H,2,4,6,13,15H2,1H3. The Labute approximate surface area is 153 Å². The van der Waals surface area contributed by atoms with Crippen LogP contribution in [0.25, 0.3) is 5.82 Å². The van der Waals surface area contributed by atoms with Crippen molar-refractivity contribution in [2.24, 2.45) is 0 Å². The van der Waals surface area contributed by atoms with E-state index in [2.05, 4.69) is 33.5 Å². The Hall–Kier alpha value is -2.53. The Bertz CT molecular complexity index is 872. The predicted octanol–water partition coefficient (Wildman–Crippen LogP) is 4.31. The van der Waals surface area contributed by atoms with E-state index in [9.17, 15) is 4.39 Å². The molecule has 2 aromatic heterocycles. The normalized spacial score (nSPS) is 17.7. The van der Waals surface area contributed by atoms with Crippen LogP contribution < -0.4 is 0 Å². The molecule has 1 atom stereocenters. The fraction of sp³-hybridized carbons (Fsp3) is 0.333. The Balaban J connectivity index is 1.58. The van der Waals surface area contributed by atoms with Crippen molar-refractivity contribution in [1.82, 2.24) is 19.4 Å². The molecule has 3 heterocycles. The summed E-state index contributed by atoms with van der Waals surface area (Å²) in [6.07, 6.45) is 6.92. The molecule has 1 aliphatic heterocycles. The van der Waals surface area contributed by atoms with Crippen molar-refractivity contribution in [3.8, 4) is 5.82 Å². The molecule has 1 aliphatic rings. The summed E-state index contributed by atoms with van der Waals surface area (Å²) in [7, 11) is 0. The van der Waals surface area contributed by atoms with Crippen LogP contribution in [0.3, 0.4) is 0 Å². The first kappa shape index (κ1) is 16.9. The van der Waals surface area contributed by atoms with Crippen molar-refractivity contribution in [3.05, 3.63) is 77.8 Å². The molecular weight excluding hydrogens is 327 g/mol. The third kappa shape index (κ3) is 3.40. The molecule has 0 N–H and O–H groups in total. The van der Waals surface area contributed by atoms with Gasteiger partial charge in [0.1, 0.15) is 17.5 Å². The zero-order chi connectivity index (χ0) is 17.9. The molecule has 4 rings (SSSR count). The molecule has 26 heavy (non-hydrogen) atoms. The van der Waals surface area contributed by atoms with E-state index in [1.807, 2.05) is 30.6 Å². The minimum absolute atomic E-state index is 0.187. The highest BCUT2D eigenvalue weighted by Gasteiger charge is 2.27. The Morgan fingerprint density at radius 3 is 2.81 bits per heavy atom. The van der Waals surface area contributed by atoms with Gasteiger partial charge in [-0.1, -0.05) is 25.1 Å². The molecule has 5 heteroatoms. The molecule has 4 nitrogen and oxygen atoms in total. The molecule has 1 aromatic carbocycles. The lowest BCUT2D eigenvalue weighted by Crippen LogP contribution is -2.23. The number of pyridine rings is 1. The summed E-state index contributed by atoms with van der Waals surface area (Å²) < 4.78 is 15.2. The fourth-order valence-corrected chi connectivity index (χ4v) is 3.74. The van der Waals surface area contributed by atoms with Crippen molar-refractivity contribution in [1.29, 1.82) is 0 Å². The lowest BCUT2D eigenvalue weighted by atomic mass is 10.1. The zero-order valence-corrected chi connectivity index (χ0v) is 15.0. The minimum atomic E-state index is -0.187. The van der Waals surface area contributed by atoms with Gasteiger partial charge in [0, 0.05) is 25.4 Å². The summed E-state index contributed by atoms with van der Waals surface area (Å²) in [6.45, 7) is 3.96. The number of hydrogen-bond acceptors (Lipinski definition) is 3. The van der Waals surface area contributed by atoms with Gasteiger partial charge in [-0.3, -0.25) is 9.47 Å². The van der Waals surface area contributed by atoms with Crippen molar-refractivity contribution in [2.75, 3.05) is 6.54 Å². The molecule has 1 saturated heterocycles. The van der Waals surface area contributed by atoms with E-state index in [-0.39, 0.29) is 5.82 Å². The van der Waals surface area contributed by atoms with Crippen LogP contribution in [0.4, 0.5) is 4.39 Å². The summed E-state index contributed by atoms with van der Waals surface area (Å²) in [4.78, 5) is 11.8. The summed E-state index contributed by atoms with van der Waals surface area (Å²) in [5, 5.41) is 0. The van der Waals surface area contributed by atoms with Gasteiger partial charge < -0.3 is 0 Å². The van der Waals surface area contributed by atoms with Crippen molar-refractivity contribution >= 4 is 0 Å². The maximum atomic E-state index is 13.2. The van der Waals surface area contributed by atoms with Gasteiger partial charge in [-0.15, -0.1) is 0 Å². The number of benzene rings is 1. The van der Waals surface area contributed by atoms with Gasteiger partial charge in [0.15, 0.2) is 0 Å². The van der Waals surface area contributed by atoms with Crippen molar-refractivity contribution < 1.29 is 4.39 Å². The average molecular weight is 350 g/mol. The molecule has 1 unspecified atom stereocenters. The van der Waals surface area contributed by atoms with Crippen LogP contribution in [0.15, 0.2) is 54.9 Å². The third-order valence-electron chi connectivity index (χ3n) is 5.04. The quantitative estimate of drug-likeness (QED) is 0.688. The smallest absolute Gasteiger partial charge is 0.138 e. The molecule has 0 radical (unpaired) electrons. The van der Waals surface area contributed by atoms with Crippen LogP contribution in [0.5, 0.6) is 0 Å². The highest BCUT2D eigenvalue weighted by Crippen LogP contribution is 2.32. The fourth-order valence-electron chi connectivity index (χ4n) is 3.74. The van der Waals surface area contributed by atoms with Gasteiger partial charge in [-0.05, 0) is 49.2 Å². The van der Waals surface area contributed by atoms with Crippen LogP contribution >= 0.6 is 0 Å². The largest absolute Gasteiger partial charge is 0.291 e. The molecule has 0 spiro atoms.